The zero-order valence-corrected chi connectivity index (χ0v) is 9.84. The molecule has 1 N–H and O–H groups in total. The number of fused-ring (bicyclic) bond motifs is 1. The van der Waals surface area contributed by atoms with Gasteiger partial charge in [-0.25, -0.2) is 0 Å². The van der Waals surface area contributed by atoms with Gasteiger partial charge in [0.05, 0.1) is 6.54 Å². The first-order valence-electron chi connectivity index (χ1n) is 5.56. The molecule has 16 heavy (non-hydrogen) atoms. The number of nitrogens with one attached hydrogen (secondary N) is 1. The summed E-state index contributed by atoms with van der Waals surface area (Å²) < 4.78 is 5.82. The van der Waals surface area contributed by atoms with Crippen LogP contribution in [0.25, 0.3) is 0 Å². The third-order valence-electron chi connectivity index (χ3n) is 2.68. The van der Waals surface area contributed by atoms with E-state index in [1.54, 1.807) is 0 Å². The largest absolute Gasteiger partial charge is 0.487 e. The van der Waals surface area contributed by atoms with Gasteiger partial charge in [0, 0.05) is 13.0 Å². The topological polar surface area (TPSA) is 21.3 Å². The van der Waals surface area contributed by atoms with Crippen LogP contribution in [0.3, 0.4) is 0 Å². The first-order chi connectivity index (χ1) is 7.61. The van der Waals surface area contributed by atoms with Crippen molar-refractivity contribution in [1.29, 1.82) is 0 Å². The van der Waals surface area contributed by atoms with E-state index >= 15 is 0 Å². The van der Waals surface area contributed by atoms with Crippen LogP contribution < -0.4 is 10.1 Å². The summed E-state index contributed by atoms with van der Waals surface area (Å²) in [6.07, 6.45) is 6.16. The zero-order valence-electron chi connectivity index (χ0n) is 9.84. The predicted molar refractivity (Wildman–Crippen MR) is 65.4 cm³/mol. The summed E-state index contributed by atoms with van der Waals surface area (Å²) >= 11 is 0. The van der Waals surface area contributed by atoms with Crippen molar-refractivity contribution in [2.45, 2.75) is 32.4 Å². The lowest BCUT2D eigenvalue weighted by molar-refractivity contribution is 0.138. The van der Waals surface area contributed by atoms with Crippen molar-refractivity contribution in [2.24, 2.45) is 0 Å². The molecule has 0 saturated carbocycles. The Hall–Kier alpha value is -1.46. The van der Waals surface area contributed by atoms with Crippen LogP contribution in [0.5, 0.6) is 5.75 Å². The molecule has 0 radical (unpaired) electrons. The monoisotopic (exact) mass is 215 g/mol. The molecule has 1 aromatic rings. The smallest absolute Gasteiger partial charge is 0.123 e. The first kappa shape index (κ1) is 11.0. The second kappa shape index (κ2) is 4.19. The van der Waals surface area contributed by atoms with Crippen molar-refractivity contribution < 1.29 is 4.74 Å². The highest BCUT2D eigenvalue weighted by molar-refractivity contribution is 5.41. The molecule has 0 atom stereocenters. The van der Waals surface area contributed by atoms with Crippen molar-refractivity contribution in [3.05, 3.63) is 29.3 Å². The summed E-state index contributed by atoms with van der Waals surface area (Å²) in [5, 5.41) is 3.19. The van der Waals surface area contributed by atoms with Gasteiger partial charge >= 0.3 is 0 Å². The summed E-state index contributed by atoms with van der Waals surface area (Å²) in [5.74, 6) is 3.59. The van der Waals surface area contributed by atoms with Crippen LogP contribution in [0.15, 0.2) is 18.2 Å². The van der Waals surface area contributed by atoms with E-state index in [0.29, 0.717) is 6.54 Å². The van der Waals surface area contributed by atoms with Crippen LogP contribution in [0, 0.1) is 12.3 Å². The Kier molecular flexibility index (Phi) is 2.89. The normalized spacial score (nSPS) is 16.3. The maximum atomic E-state index is 5.82. The third-order valence-corrected chi connectivity index (χ3v) is 2.68. The minimum absolute atomic E-state index is 0.0623. The van der Waals surface area contributed by atoms with E-state index in [0.717, 1.165) is 18.7 Å². The molecular formula is C14H17NO. The van der Waals surface area contributed by atoms with Crippen LogP contribution in [0.1, 0.15) is 25.0 Å². The van der Waals surface area contributed by atoms with Gasteiger partial charge in [-0.15, -0.1) is 6.42 Å². The molecule has 1 aliphatic rings. The quantitative estimate of drug-likeness (QED) is 0.616. The van der Waals surface area contributed by atoms with Gasteiger partial charge in [0.15, 0.2) is 0 Å². The highest BCUT2D eigenvalue weighted by Crippen LogP contribution is 2.35. The number of hydrogen-bond acceptors (Lipinski definition) is 2. The molecule has 0 saturated heterocycles. The van der Waals surface area contributed by atoms with Crippen LogP contribution in [-0.2, 0) is 13.0 Å². The van der Waals surface area contributed by atoms with E-state index in [-0.39, 0.29) is 5.60 Å². The standard InChI is InChI=1S/C14H17NO/c1-4-7-15-10-11-5-6-13-12(8-11)9-14(2,3)16-13/h1,5-6,8,15H,7,9-10H2,2-3H3. The summed E-state index contributed by atoms with van der Waals surface area (Å²) in [6.45, 7) is 5.66. The van der Waals surface area contributed by atoms with Crippen LogP contribution in [0.2, 0.25) is 0 Å². The van der Waals surface area contributed by atoms with Gasteiger partial charge < -0.3 is 10.1 Å². The average Bonchev–Trinajstić information content (AvgIpc) is 2.51. The lowest BCUT2D eigenvalue weighted by Gasteiger charge is -2.16. The van der Waals surface area contributed by atoms with Crippen molar-refractivity contribution in [3.63, 3.8) is 0 Å². The van der Waals surface area contributed by atoms with Gasteiger partial charge in [-0.1, -0.05) is 18.1 Å². The van der Waals surface area contributed by atoms with Crippen LogP contribution in [0.4, 0.5) is 0 Å². The Balaban J connectivity index is 2.08. The zero-order chi connectivity index (χ0) is 11.6. The van der Waals surface area contributed by atoms with Gasteiger partial charge in [-0.05, 0) is 31.0 Å². The fraction of sp³-hybridized carbons (Fsp3) is 0.429. The molecule has 0 aromatic heterocycles. The van der Waals surface area contributed by atoms with Crippen LogP contribution >= 0.6 is 0 Å². The van der Waals surface area contributed by atoms with E-state index in [2.05, 4.69) is 43.3 Å². The lowest BCUT2D eigenvalue weighted by atomic mass is 10.0. The van der Waals surface area contributed by atoms with Gasteiger partial charge in [0.2, 0.25) is 0 Å². The molecule has 2 rings (SSSR count). The Labute approximate surface area is 97.0 Å². The Morgan fingerprint density at radius 3 is 3.06 bits per heavy atom. The molecule has 2 heteroatoms. The Morgan fingerprint density at radius 2 is 2.31 bits per heavy atom. The lowest BCUT2D eigenvalue weighted by Crippen LogP contribution is -2.24. The summed E-state index contributed by atoms with van der Waals surface area (Å²) in [4.78, 5) is 0. The number of benzene rings is 1. The molecule has 0 aliphatic carbocycles. The summed E-state index contributed by atoms with van der Waals surface area (Å²) in [5.41, 5.74) is 2.49. The summed E-state index contributed by atoms with van der Waals surface area (Å²) in [6, 6.07) is 6.34. The maximum Gasteiger partial charge on any atom is 0.123 e. The van der Waals surface area contributed by atoms with E-state index < -0.39 is 0 Å². The highest BCUT2D eigenvalue weighted by atomic mass is 16.5. The maximum absolute atomic E-state index is 5.82. The second-order valence-electron chi connectivity index (χ2n) is 4.79. The molecule has 0 fully saturated rings. The third kappa shape index (κ3) is 2.37. The fourth-order valence-electron chi connectivity index (χ4n) is 2.05. The molecule has 0 bridgehead atoms. The molecule has 0 unspecified atom stereocenters. The molecule has 84 valence electrons. The molecular weight excluding hydrogens is 198 g/mol. The molecule has 1 heterocycles. The minimum Gasteiger partial charge on any atom is -0.487 e. The number of ether oxygens (including phenoxy) is 1. The molecule has 0 amide bonds. The Morgan fingerprint density at radius 1 is 1.50 bits per heavy atom. The van der Waals surface area contributed by atoms with E-state index in [1.165, 1.54) is 11.1 Å². The molecule has 0 spiro atoms. The number of terminal acetylenes is 1. The number of rotatable bonds is 3. The van der Waals surface area contributed by atoms with Gasteiger partial charge in [-0.2, -0.15) is 0 Å². The summed E-state index contributed by atoms with van der Waals surface area (Å²) in [7, 11) is 0. The molecule has 1 aliphatic heterocycles. The Bertz CT molecular complexity index is 429. The van der Waals surface area contributed by atoms with Crippen molar-refractivity contribution >= 4 is 0 Å². The average molecular weight is 215 g/mol. The van der Waals surface area contributed by atoms with Gasteiger partial charge in [-0.3, -0.25) is 0 Å². The number of hydrogen-bond donors (Lipinski definition) is 1. The molecule has 1 aromatic carbocycles. The minimum atomic E-state index is -0.0623. The van der Waals surface area contributed by atoms with E-state index in [9.17, 15) is 0 Å². The van der Waals surface area contributed by atoms with Crippen molar-refractivity contribution in [2.75, 3.05) is 6.54 Å². The van der Waals surface area contributed by atoms with E-state index in [1.807, 2.05) is 0 Å². The van der Waals surface area contributed by atoms with Crippen molar-refractivity contribution in [1.82, 2.24) is 5.32 Å². The fourth-order valence-corrected chi connectivity index (χ4v) is 2.05. The van der Waals surface area contributed by atoms with Crippen molar-refractivity contribution in [3.8, 4) is 18.1 Å². The van der Waals surface area contributed by atoms with Gasteiger partial charge in [0.1, 0.15) is 11.4 Å². The first-order valence-corrected chi connectivity index (χ1v) is 5.56. The SMILES string of the molecule is C#CCNCc1ccc2c(c1)CC(C)(C)O2. The highest BCUT2D eigenvalue weighted by Gasteiger charge is 2.29. The van der Waals surface area contributed by atoms with Crippen LogP contribution in [-0.4, -0.2) is 12.1 Å². The molecule has 2 nitrogen and oxygen atoms in total. The second-order valence-corrected chi connectivity index (χ2v) is 4.79. The predicted octanol–water partition coefficient (Wildman–Crippen LogP) is 2.12. The van der Waals surface area contributed by atoms with Gasteiger partial charge in [0.25, 0.3) is 0 Å². The van der Waals surface area contributed by atoms with E-state index in [4.69, 9.17) is 11.2 Å².